The summed E-state index contributed by atoms with van der Waals surface area (Å²) in [5.74, 6) is -1.49. The Kier molecular flexibility index (Phi) is 5.43. The average Bonchev–Trinajstić information content (AvgIpc) is 2.82. The lowest BCUT2D eigenvalue weighted by Gasteiger charge is -2.36. The molecule has 29 heavy (non-hydrogen) atoms. The van der Waals surface area contributed by atoms with E-state index < -0.39 is 44.3 Å². The molecule has 0 spiro atoms. The number of amides is 1. The second-order valence-corrected chi connectivity index (χ2v) is 10.3. The molecular weight excluding hydrogens is 444 g/mol. The van der Waals surface area contributed by atoms with Crippen LogP contribution in [0.1, 0.15) is 12.5 Å². The van der Waals surface area contributed by atoms with E-state index in [4.69, 9.17) is 16.7 Å². The summed E-state index contributed by atoms with van der Waals surface area (Å²) in [5, 5.41) is 15.9. The molecule has 158 valence electrons. The first-order valence-electron chi connectivity index (χ1n) is 8.32. The van der Waals surface area contributed by atoms with Crippen LogP contribution in [0.3, 0.4) is 0 Å². The molecule has 1 aliphatic heterocycles. The number of nitrogens with one attached hydrogen (secondary N) is 2. The number of hydrogen-bond acceptors (Lipinski definition) is 6. The molecule has 1 fully saturated rings. The van der Waals surface area contributed by atoms with Crippen LogP contribution in [0.4, 0.5) is 5.69 Å². The van der Waals surface area contributed by atoms with E-state index in [0.717, 1.165) is 4.31 Å². The number of halogens is 1. The smallest absolute Gasteiger partial charge is 0.326 e. The van der Waals surface area contributed by atoms with E-state index in [1.54, 1.807) is 31.2 Å². The summed E-state index contributed by atoms with van der Waals surface area (Å²) >= 11 is 6.07. The molecule has 0 bridgehead atoms. The molecule has 1 amide bonds. The van der Waals surface area contributed by atoms with Gasteiger partial charge in [0, 0.05) is 11.0 Å². The van der Waals surface area contributed by atoms with Crippen LogP contribution < -0.4 is 18.9 Å². The average molecular weight is 463 g/mol. The van der Waals surface area contributed by atoms with Crippen LogP contribution >= 0.6 is 11.6 Å². The molecule has 1 saturated heterocycles. The lowest BCUT2D eigenvalue weighted by Crippen LogP contribution is -2.53. The Bertz CT molecular complexity index is 1130. The molecule has 5 N–H and O–H groups in total. The zero-order valence-corrected chi connectivity index (χ0v) is 17.6. The highest BCUT2D eigenvalue weighted by Crippen LogP contribution is 2.35. The number of nitrogens with zero attached hydrogens (tertiary/aromatic N) is 1. The largest absolute Gasteiger partial charge is 0.506 e. The van der Waals surface area contributed by atoms with Crippen LogP contribution in [0, 0.1) is 5.92 Å². The van der Waals surface area contributed by atoms with Crippen molar-refractivity contribution in [3.05, 3.63) is 47.0 Å². The monoisotopic (exact) mass is 462 g/mol. The van der Waals surface area contributed by atoms with Gasteiger partial charge in [-0.3, -0.25) is 4.79 Å². The Morgan fingerprint density at radius 2 is 2.14 bits per heavy atom. The number of carbonyl (C=O) groups is 1. The van der Waals surface area contributed by atoms with Gasteiger partial charge in [-0.05, 0) is 37.1 Å². The molecule has 2 unspecified atom stereocenters. The Hall–Kier alpha value is -2.12. The predicted molar refractivity (Wildman–Crippen MR) is 107 cm³/mol. The van der Waals surface area contributed by atoms with Gasteiger partial charge in [-0.1, -0.05) is 29.8 Å². The number of rotatable bonds is 5. The van der Waals surface area contributed by atoms with Crippen LogP contribution in [-0.2, 0) is 31.6 Å². The van der Waals surface area contributed by atoms with Crippen molar-refractivity contribution in [3.63, 3.8) is 0 Å². The number of hydrogen-bond donors (Lipinski definition) is 4. The van der Waals surface area contributed by atoms with Gasteiger partial charge < -0.3 is 5.11 Å². The van der Waals surface area contributed by atoms with Crippen LogP contribution in [0.2, 0.25) is 0 Å². The molecule has 3 rings (SSSR count). The highest BCUT2D eigenvalue weighted by atomic mass is 35.5. The molecule has 1 aliphatic carbocycles. The molecule has 0 aromatic heterocycles. The molecule has 0 saturated carbocycles. The highest BCUT2D eigenvalue weighted by Gasteiger charge is 2.37. The van der Waals surface area contributed by atoms with Crippen molar-refractivity contribution in [1.82, 2.24) is 9.44 Å². The third-order valence-corrected chi connectivity index (χ3v) is 7.03. The SMILES string of the molecule is CC1(NS(N)(=O)=O)C=CC(Cl)=CC1Cc1ccc(N2CC(=O)NS2(=O)=O)c(O)c1. The maximum Gasteiger partial charge on any atom is 0.326 e. The molecule has 2 aliphatic rings. The van der Waals surface area contributed by atoms with Crippen molar-refractivity contribution in [2.24, 2.45) is 11.1 Å². The summed E-state index contributed by atoms with van der Waals surface area (Å²) < 4.78 is 52.0. The van der Waals surface area contributed by atoms with Gasteiger partial charge in [0.05, 0.1) is 11.2 Å². The normalized spacial score (nSPS) is 26.3. The summed E-state index contributed by atoms with van der Waals surface area (Å²) in [4.78, 5) is 11.4. The molecule has 0 radical (unpaired) electrons. The number of anilines is 1. The quantitative estimate of drug-likeness (QED) is 0.481. The molecule has 10 nitrogen and oxygen atoms in total. The van der Waals surface area contributed by atoms with Crippen molar-refractivity contribution in [3.8, 4) is 5.75 Å². The number of allylic oxidation sites excluding steroid dienone is 2. The van der Waals surface area contributed by atoms with E-state index in [0.29, 0.717) is 10.6 Å². The van der Waals surface area contributed by atoms with Crippen LogP contribution in [0.15, 0.2) is 41.5 Å². The lowest BCUT2D eigenvalue weighted by molar-refractivity contribution is -0.117. The van der Waals surface area contributed by atoms with Crippen molar-refractivity contribution in [1.29, 1.82) is 0 Å². The summed E-state index contributed by atoms with van der Waals surface area (Å²) in [6.07, 6.45) is 5.07. The van der Waals surface area contributed by atoms with E-state index in [2.05, 4.69) is 4.72 Å². The molecule has 1 heterocycles. The third kappa shape index (κ3) is 4.73. The van der Waals surface area contributed by atoms with Crippen molar-refractivity contribution >= 4 is 43.6 Å². The Morgan fingerprint density at radius 1 is 1.45 bits per heavy atom. The minimum atomic E-state index is -4.05. The van der Waals surface area contributed by atoms with Crippen molar-refractivity contribution in [2.75, 3.05) is 10.8 Å². The molecule has 1 aromatic carbocycles. The maximum absolute atomic E-state index is 12.0. The topological polar surface area (TPSA) is 159 Å². The fourth-order valence-electron chi connectivity index (χ4n) is 3.31. The summed E-state index contributed by atoms with van der Waals surface area (Å²) in [5.41, 5.74) is -0.519. The van der Waals surface area contributed by atoms with Gasteiger partial charge in [0.2, 0.25) is 0 Å². The van der Waals surface area contributed by atoms with Crippen LogP contribution in [0.5, 0.6) is 5.75 Å². The van der Waals surface area contributed by atoms with Crippen molar-refractivity contribution < 1.29 is 26.7 Å². The van der Waals surface area contributed by atoms with Crippen LogP contribution in [-0.4, -0.2) is 39.9 Å². The highest BCUT2D eigenvalue weighted by molar-refractivity contribution is 7.92. The number of carbonyl (C=O) groups excluding carboxylic acids is 1. The van der Waals surface area contributed by atoms with Gasteiger partial charge in [-0.15, -0.1) is 0 Å². The van der Waals surface area contributed by atoms with Gasteiger partial charge in [-0.2, -0.15) is 21.6 Å². The maximum atomic E-state index is 12.0. The second kappa shape index (κ2) is 7.29. The minimum Gasteiger partial charge on any atom is -0.506 e. The summed E-state index contributed by atoms with van der Waals surface area (Å²) in [6, 6.07) is 4.30. The molecule has 2 atom stereocenters. The fraction of sp³-hybridized carbons (Fsp3) is 0.312. The number of benzene rings is 1. The van der Waals surface area contributed by atoms with E-state index in [1.165, 1.54) is 12.1 Å². The first-order chi connectivity index (χ1) is 13.3. The standard InChI is InChI=1S/C16H19ClN4O6S2/c1-16(20-28(18,24)25)5-4-12(17)8-11(16)6-10-2-3-13(14(22)7-10)21-9-15(23)19-29(21,26)27/h2-5,7-8,11,20,22H,6,9H2,1H3,(H,19,23)(H2,18,24,25). The van der Waals surface area contributed by atoms with E-state index in [9.17, 15) is 26.7 Å². The second-order valence-electron chi connectivity index (χ2n) is 6.99. The molecular formula is C16H19ClN4O6S2. The van der Waals surface area contributed by atoms with E-state index in [-0.39, 0.29) is 17.9 Å². The van der Waals surface area contributed by atoms with Gasteiger partial charge in [0.15, 0.2) is 0 Å². The first kappa shape index (κ1) is 21.6. The zero-order valence-electron chi connectivity index (χ0n) is 15.2. The van der Waals surface area contributed by atoms with Gasteiger partial charge in [0.1, 0.15) is 12.3 Å². The first-order valence-corrected chi connectivity index (χ1v) is 11.7. The van der Waals surface area contributed by atoms with E-state index in [1.807, 2.05) is 4.72 Å². The lowest BCUT2D eigenvalue weighted by atomic mass is 9.79. The van der Waals surface area contributed by atoms with Gasteiger partial charge in [-0.25, -0.2) is 14.2 Å². The predicted octanol–water partition coefficient (Wildman–Crippen LogP) is -0.0238. The molecule has 1 aromatic rings. The zero-order chi connectivity index (χ0) is 21.6. The number of phenolic OH excluding ortho intramolecular Hbond substituents is 1. The van der Waals surface area contributed by atoms with Gasteiger partial charge in [0.25, 0.3) is 16.1 Å². The van der Waals surface area contributed by atoms with Gasteiger partial charge >= 0.3 is 10.2 Å². The Balaban J connectivity index is 1.89. The number of phenols is 1. The van der Waals surface area contributed by atoms with Crippen molar-refractivity contribution in [2.45, 2.75) is 18.9 Å². The Labute approximate surface area is 173 Å². The third-order valence-electron chi connectivity index (χ3n) is 4.67. The minimum absolute atomic E-state index is 0.0466. The fourth-order valence-corrected chi connectivity index (χ4v) is 5.52. The number of nitrogens with two attached hydrogens (primary N) is 1. The van der Waals surface area contributed by atoms with Crippen LogP contribution in [0.25, 0.3) is 0 Å². The van der Waals surface area contributed by atoms with E-state index >= 15 is 0 Å². The Morgan fingerprint density at radius 3 is 2.69 bits per heavy atom. The molecule has 13 heteroatoms. The number of aromatic hydroxyl groups is 1. The summed E-state index contributed by atoms with van der Waals surface area (Å²) in [6.45, 7) is 1.21. The summed E-state index contributed by atoms with van der Waals surface area (Å²) in [7, 11) is -8.06.